The van der Waals surface area contributed by atoms with E-state index in [0.717, 1.165) is 85.0 Å². The number of nitrogens with one attached hydrogen (secondary N) is 1. The first-order chi connectivity index (χ1) is 27.3. The van der Waals surface area contributed by atoms with Gasteiger partial charge in [-0.05, 0) is 115 Å². The highest BCUT2D eigenvalue weighted by Gasteiger charge is 2.55. The van der Waals surface area contributed by atoms with Crippen LogP contribution in [0.3, 0.4) is 0 Å². The smallest absolute Gasteiger partial charge is 0.161 e. The summed E-state index contributed by atoms with van der Waals surface area (Å²) in [6.45, 7) is 4.40. The normalized spacial score (nSPS) is 27.6. The average Bonchev–Trinajstić information content (AvgIpc) is 3.87. The molecule has 9 rings (SSSR count). The van der Waals surface area contributed by atoms with Crippen LogP contribution in [0, 0.1) is 5.92 Å². The van der Waals surface area contributed by atoms with E-state index in [2.05, 4.69) is 71.7 Å². The number of fused-ring (bicyclic) bond motifs is 8. The zero-order chi connectivity index (χ0) is 38.3. The van der Waals surface area contributed by atoms with E-state index in [-0.39, 0.29) is 35.5 Å². The molecule has 5 unspecified atom stereocenters. The van der Waals surface area contributed by atoms with Crippen LogP contribution in [0.4, 0.5) is 0 Å². The Balaban J connectivity index is 1.19. The van der Waals surface area contributed by atoms with Crippen molar-refractivity contribution in [1.29, 1.82) is 0 Å². The number of ether oxygens (including phenoxy) is 3. The number of unbranched alkanes of at least 4 members (excludes halogenated alkanes) is 2. The summed E-state index contributed by atoms with van der Waals surface area (Å²) in [6, 6.07) is 19.7. The van der Waals surface area contributed by atoms with Crippen LogP contribution in [0.15, 0.2) is 84.7 Å². The summed E-state index contributed by atoms with van der Waals surface area (Å²) in [6.07, 6.45) is 20.8. The molecule has 1 saturated heterocycles. The van der Waals surface area contributed by atoms with Gasteiger partial charge in [-0.15, -0.1) is 0 Å². The third kappa shape index (κ3) is 6.97. The molecule has 8 heteroatoms. The number of aliphatic hydroxyl groups excluding tert-OH is 1. The highest BCUT2D eigenvalue weighted by molar-refractivity contribution is 5.88. The minimum Gasteiger partial charge on any atom is -0.504 e. The summed E-state index contributed by atoms with van der Waals surface area (Å²) >= 11 is 0. The molecule has 0 radical (unpaired) electrons. The summed E-state index contributed by atoms with van der Waals surface area (Å²) in [4.78, 5) is 0. The Kier molecular flexibility index (Phi) is 10.5. The molecule has 5 atom stereocenters. The van der Waals surface area contributed by atoms with Gasteiger partial charge in [0.15, 0.2) is 11.5 Å². The Morgan fingerprint density at radius 1 is 0.982 bits per heavy atom. The maximum absolute atomic E-state index is 11.2. The van der Waals surface area contributed by atoms with Crippen LogP contribution in [0.25, 0.3) is 16.6 Å². The SMILES string of the molecule is CCCCCC1CC(O)CCc2ccc(O)c(c2)OCc2cc(C34CCOCC3CC3(CCCC3)c3ccccc34)cc3cn(cc23)C2=C(C=CC(N)N2)CO1. The molecule has 56 heavy (non-hydrogen) atoms. The summed E-state index contributed by atoms with van der Waals surface area (Å²) in [5, 5.41) is 28.1. The van der Waals surface area contributed by atoms with Crippen LogP contribution < -0.4 is 15.8 Å². The van der Waals surface area contributed by atoms with Crippen molar-refractivity contribution in [3.05, 3.63) is 113 Å². The van der Waals surface area contributed by atoms with Gasteiger partial charge in [0.25, 0.3) is 0 Å². The van der Waals surface area contributed by atoms with Crippen LogP contribution in [-0.2, 0) is 33.3 Å². The van der Waals surface area contributed by atoms with E-state index in [0.29, 0.717) is 37.5 Å². The molecule has 296 valence electrons. The molecule has 8 nitrogen and oxygen atoms in total. The van der Waals surface area contributed by atoms with E-state index < -0.39 is 6.10 Å². The largest absolute Gasteiger partial charge is 0.504 e. The van der Waals surface area contributed by atoms with Gasteiger partial charge in [0.1, 0.15) is 12.4 Å². The molecule has 2 fully saturated rings. The lowest BCUT2D eigenvalue weighted by Gasteiger charge is -2.54. The molecule has 1 aromatic heterocycles. The lowest BCUT2D eigenvalue weighted by molar-refractivity contribution is -0.00873. The van der Waals surface area contributed by atoms with E-state index in [4.69, 9.17) is 19.9 Å². The molecule has 4 bridgehead atoms. The number of aryl methyl sites for hydroxylation is 1. The monoisotopic (exact) mass is 757 g/mol. The maximum atomic E-state index is 11.2. The van der Waals surface area contributed by atoms with Crippen molar-refractivity contribution in [2.45, 2.75) is 126 Å². The maximum Gasteiger partial charge on any atom is 0.161 e. The van der Waals surface area contributed by atoms with Gasteiger partial charge >= 0.3 is 0 Å². The van der Waals surface area contributed by atoms with Gasteiger partial charge in [-0.1, -0.05) is 81.5 Å². The molecule has 5 aliphatic rings. The number of benzene rings is 3. The molecule has 3 aliphatic heterocycles. The summed E-state index contributed by atoms with van der Waals surface area (Å²) in [5.41, 5.74) is 14.0. The third-order valence-corrected chi connectivity index (χ3v) is 13.9. The van der Waals surface area contributed by atoms with Crippen LogP contribution >= 0.6 is 0 Å². The number of phenolic OH excluding ortho intramolecular Hbond substituents is 1. The number of dihydropyridines is 1. The van der Waals surface area contributed by atoms with Crippen LogP contribution in [0.1, 0.15) is 112 Å². The number of nitrogens with zero attached hydrogens (tertiary/aromatic N) is 1. The summed E-state index contributed by atoms with van der Waals surface area (Å²) < 4.78 is 21.8. The zero-order valence-corrected chi connectivity index (χ0v) is 33.0. The van der Waals surface area contributed by atoms with E-state index in [1.165, 1.54) is 36.8 Å². The van der Waals surface area contributed by atoms with E-state index >= 15 is 0 Å². The molecule has 1 saturated carbocycles. The fourth-order valence-corrected chi connectivity index (χ4v) is 11.0. The number of hydrogen-bond acceptors (Lipinski definition) is 7. The highest BCUT2D eigenvalue weighted by atomic mass is 16.5. The van der Waals surface area contributed by atoms with Crippen LogP contribution in [0.2, 0.25) is 0 Å². The van der Waals surface area contributed by atoms with Crippen molar-refractivity contribution in [2.24, 2.45) is 11.7 Å². The number of hydrogen-bond donors (Lipinski definition) is 4. The first kappa shape index (κ1) is 37.5. The van der Waals surface area contributed by atoms with Crippen molar-refractivity contribution in [3.8, 4) is 11.5 Å². The van der Waals surface area contributed by atoms with Crippen molar-refractivity contribution < 1.29 is 24.4 Å². The number of nitrogens with two attached hydrogens (primary N) is 1. The molecule has 0 amide bonds. The third-order valence-electron chi connectivity index (χ3n) is 13.9. The quantitative estimate of drug-likeness (QED) is 0.151. The second-order valence-electron chi connectivity index (χ2n) is 17.4. The molecule has 3 aromatic carbocycles. The lowest BCUT2D eigenvalue weighted by atomic mass is 9.51. The Labute approximate surface area is 331 Å². The van der Waals surface area contributed by atoms with Gasteiger partial charge in [-0.25, -0.2) is 0 Å². The second kappa shape index (κ2) is 15.7. The fourth-order valence-electron chi connectivity index (χ4n) is 11.0. The molecular weight excluding hydrogens is 699 g/mol. The van der Waals surface area contributed by atoms with Crippen molar-refractivity contribution >= 4 is 16.6 Å². The van der Waals surface area contributed by atoms with Crippen molar-refractivity contribution in [1.82, 2.24) is 9.88 Å². The summed E-state index contributed by atoms with van der Waals surface area (Å²) in [5.74, 6) is 1.84. The van der Waals surface area contributed by atoms with Crippen LogP contribution in [-0.4, -0.2) is 53.0 Å². The van der Waals surface area contributed by atoms with E-state index in [1.807, 2.05) is 18.2 Å². The average molecular weight is 758 g/mol. The van der Waals surface area contributed by atoms with Gasteiger partial charge in [-0.3, -0.25) is 0 Å². The minimum atomic E-state index is -0.509. The lowest BCUT2D eigenvalue weighted by Crippen LogP contribution is -2.51. The van der Waals surface area contributed by atoms with E-state index in [1.54, 1.807) is 11.6 Å². The molecule has 4 aromatic rings. The predicted octanol–water partition coefficient (Wildman–Crippen LogP) is 8.74. The number of aromatic nitrogens is 1. The number of aromatic hydroxyl groups is 1. The van der Waals surface area contributed by atoms with Gasteiger partial charge in [0.2, 0.25) is 0 Å². The molecule has 5 N–H and O–H groups in total. The zero-order valence-electron chi connectivity index (χ0n) is 33.0. The van der Waals surface area contributed by atoms with Gasteiger partial charge in [-0.2, -0.15) is 0 Å². The molecule has 2 aliphatic carbocycles. The van der Waals surface area contributed by atoms with Gasteiger partial charge in [0, 0.05) is 40.8 Å². The standard InChI is InChI=1S/C48H59N3O5/c1-2-3-4-9-39-25-38(52)15-12-32-13-16-43(53)44(22-32)56-30-35-24-36(23-34-27-51(28-40(34)35)46-33(29-55-39)14-17-45(49)50-46)48-20-21-54-31-37(48)26-47(18-7-8-19-47)41-10-5-6-11-42(41)48/h5-6,10-11,13-14,16-17,22-24,27-28,37-39,45,50,52-53H,2-4,7-9,12,15,18-21,25-26,29-31,49H2,1H3. The van der Waals surface area contributed by atoms with Crippen molar-refractivity contribution in [3.63, 3.8) is 0 Å². The molecular formula is C48H59N3O5. The Hall–Kier alpha value is -4.08. The fraction of sp³-hybridized carbons (Fsp3) is 0.500. The predicted molar refractivity (Wildman–Crippen MR) is 222 cm³/mol. The topological polar surface area (TPSA) is 111 Å². The van der Waals surface area contributed by atoms with Gasteiger partial charge in [0.05, 0.1) is 31.6 Å². The minimum absolute atomic E-state index is 0.0711. The first-order valence-electron chi connectivity index (χ1n) is 21.4. The van der Waals surface area contributed by atoms with Crippen molar-refractivity contribution in [2.75, 3.05) is 19.8 Å². The highest BCUT2D eigenvalue weighted by Crippen LogP contribution is 2.60. The van der Waals surface area contributed by atoms with Gasteiger partial charge < -0.3 is 40.0 Å². The van der Waals surface area contributed by atoms with E-state index in [9.17, 15) is 10.2 Å². The molecule has 1 spiro atoms. The Bertz CT molecular complexity index is 2110. The molecule has 4 heterocycles. The number of phenols is 1. The Morgan fingerprint density at radius 2 is 1.84 bits per heavy atom. The van der Waals surface area contributed by atoms with Crippen LogP contribution in [0.5, 0.6) is 11.5 Å². The second-order valence-corrected chi connectivity index (χ2v) is 17.4. The number of rotatable bonds is 5. The first-order valence-corrected chi connectivity index (χ1v) is 21.4. The Morgan fingerprint density at radius 3 is 2.70 bits per heavy atom. The summed E-state index contributed by atoms with van der Waals surface area (Å²) in [7, 11) is 0. The number of aliphatic hydroxyl groups is 1.